The zero-order valence-corrected chi connectivity index (χ0v) is 10.5. The number of rotatable bonds is 2. The summed E-state index contributed by atoms with van der Waals surface area (Å²) in [4.78, 5) is 14.2. The zero-order chi connectivity index (χ0) is 11.6. The highest BCUT2D eigenvalue weighted by Gasteiger charge is 2.34. The van der Waals surface area contributed by atoms with Crippen LogP contribution in [0.3, 0.4) is 0 Å². The van der Waals surface area contributed by atoms with Crippen LogP contribution in [0, 0.1) is 5.41 Å². The van der Waals surface area contributed by atoms with Crippen LogP contribution in [0.25, 0.3) is 0 Å². The molecule has 15 heavy (non-hydrogen) atoms. The summed E-state index contributed by atoms with van der Waals surface area (Å²) < 4.78 is 5.62. The van der Waals surface area contributed by atoms with E-state index in [2.05, 4.69) is 6.92 Å². The molecule has 0 N–H and O–H groups in total. The molecule has 2 unspecified atom stereocenters. The average Bonchev–Trinajstić information content (AvgIpc) is 2.15. The number of amides is 1. The molecule has 1 aliphatic heterocycles. The Morgan fingerprint density at radius 3 is 2.20 bits per heavy atom. The van der Waals surface area contributed by atoms with Gasteiger partial charge in [-0.2, -0.15) is 0 Å². The molecular weight excluding hydrogens is 190 g/mol. The van der Waals surface area contributed by atoms with E-state index in [0.717, 1.165) is 19.5 Å². The molecule has 1 fully saturated rings. The second-order valence-corrected chi connectivity index (χ2v) is 5.20. The summed E-state index contributed by atoms with van der Waals surface area (Å²) in [5.41, 5.74) is -0.239. The molecule has 1 heterocycles. The fraction of sp³-hybridized carbons (Fsp3) is 0.917. The van der Waals surface area contributed by atoms with Gasteiger partial charge in [-0.1, -0.05) is 20.8 Å². The first-order chi connectivity index (χ1) is 6.86. The Morgan fingerprint density at radius 1 is 1.33 bits per heavy atom. The van der Waals surface area contributed by atoms with Crippen molar-refractivity contribution in [2.75, 3.05) is 13.1 Å². The van der Waals surface area contributed by atoms with Gasteiger partial charge in [0.05, 0.1) is 12.2 Å². The number of morpholine rings is 1. The normalized spacial score (nSPS) is 27.9. The van der Waals surface area contributed by atoms with Crippen molar-refractivity contribution in [1.82, 2.24) is 4.90 Å². The van der Waals surface area contributed by atoms with Gasteiger partial charge in [0, 0.05) is 18.5 Å². The summed E-state index contributed by atoms with van der Waals surface area (Å²) in [6.45, 7) is 11.6. The summed E-state index contributed by atoms with van der Waals surface area (Å²) in [7, 11) is 0. The Bertz CT molecular complexity index is 228. The van der Waals surface area contributed by atoms with Gasteiger partial charge in [-0.05, 0) is 20.3 Å². The third kappa shape index (κ3) is 2.94. The summed E-state index contributed by atoms with van der Waals surface area (Å²) in [6, 6.07) is 0. The molecule has 1 amide bonds. The van der Waals surface area contributed by atoms with Crippen molar-refractivity contribution in [2.24, 2.45) is 5.41 Å². The molecule has 1 rings (SSSR count). The van der Waals surface area contributed by atoms with Crippen molar-refractivity contribution in [1.29, 1.82) is 0 Å². The van der Waals surface area contributed by atoms with Gasteiger partial charge in [0.15, 0.2) is 0 Å². The lowest BCUT2D eigenvalue weighted by molar-refractivity contribution is -0.152. The van der Waals surface area contributed by atoms with Crippen molar-refractivity contribution in [3.8, 4) is 0 Å². The molecule has 0 aliphatic carbocycles. The van der Waals surface area contributed by atoms with E-state index < -0.39 is 0 Å². The van der Waals surface area contributed by atoms with Crippen LogP contribution in [-0.2, 0) is 9.53 Å². The lowest BCUT2D eigenvalue weighted by Gasteiger charge is -2.39. The van der Waals surface area contributed by atoms with Crippen LogP contribution in [0.1, 0.15) is 41.0 Å². The van der Waals surface area contributed by atoms with E-state index in [-0.39, 0.29) is 23.5 Å². The first kappa shape index (κ1) is 12.5. The molecular formula is C12H23NO2. The predicted molar refractivity (Wildman–Crippen MR) is 60.7 cm³/mol. The van der Waals surface area contributed by atoms with Gasteiger partial charge in [0.2, 0.25) is 5.91 Å². The first-order valence-electron chi connectivity index (χ1n) is 5.81. The maximum Gasteiger partial charge on any atom is 0.228 e. The second kappa shape index (κ2) is 4.52. The van der Waals surface area contributed by atoms with E-state index in [1.807, 2.05) is 32.6 Å². The SMILES string of the molecule is CCC(C)(C)C(=O)N1CC(C)OC(C)C1. The van der Waals surface area contributed by atoms with E-state index in [9.17, 15) is 4.79 Å². The number of hydrogen-bond acceptors (Lipinski definition) is 2. The minimum absolute atomic E-state index is 0.158. The van der Waals surface area contributed by atoms with Gasteiger partial charge < -0.3 is 9.64 Å². The van der Waals surface area contributed by atoms with Crippen LogP contribution < -0.4 is 0 Å². The largest absolute Gasteiger partial charge is 0.372 e. The molecule has 3 heteroatoms. The molecule has 88 valence electrons. The molecule has 1 saturated heterocycles. The number of carbonyl (C=O) groups excluding carboxylic acids is 1. The van der Waals surface area contributed by atoms with E-state index in [1.165, 1.54) is 0 Å². The Labute approximate surface area is 92.8 Å². The van der Waals surface area contributed by atoms with Crippen LogP contribution in [-0.4, -0.2) is 36.1 Å². The summed E-state index contributed by atoms with van der Waals surface area (Å²) in [6.07, 6.45) is 1.20. The molecule has 0 spiro atoms. The minimum Gasteiger partial charge on any atom is -0.372 e. The Hall–Kier alpha value is -0.570. The molecule has 1 aliphatic rings. The summed E-state index contributed by atoms with van der Waals surface area (Å²) in [5.74, 6) is 0.256. The highest BCUT2D eigenvalue weighted by Crippen LogP contribution is 2.25. The third-order valence-corrected chi connectivity index (χ3v) is 3.17. The van der Waals surface area contributed by atoms with Crippen LogP contribution in [0.2, 0.25) is 0 Å². The van der Waals surface area contributed by atoms with Crippen LogP contribution in [0.4, 0.5) is 0 Å². The molecule has 0 bridgehead atoms. The Balaban J connectivity index is 2.67. The number of nitrogens with zero attached hydrogens (tertiary/aromatic N) is 1. The van der Waals surface area contributed by atoms with Crippen molar-refractivity contribution < 1.29 is 9.53 Å². The maximum atomic E-state index is 12.2. The van der Waals surface area contributed by atoms with Crippen molar-refractivity contribution in [3.05, 3.63) is 0 Å². The van der Waals surface area contributed by atoms with Crippen LogP contribution >= 0.6 is 0 Å². The summed E-state index contributed by atoms with van der Waals surface area (Å²) >= 11 is 0. The fourth-order valence-electron chi connectivity index (χ4n) is 1.92. The highest BCUT2D eigenvalue weighted by molar-refractivity contribution is 5.82. The standard InChI is InChI=1S/C12H23NO2/c1-6-12(4,5)11(14)13-7-9(2)15-10(3)8-13/h9-10H,6-8H2,1-5H3. The minimum atomic E-state index is -0.239. The third-order valence-electron chi connectivity index (χ3n) is 3.17. The lowest BCUT2D eigenvalue weighted by atomic mass is 9.88. The number of hydrogen-bond donors (Lipinski definition) is 0. The molecule has 0 aromatic heterocycles. The summed E-state index contributed by atoms with van der Waals surface area (Å²) in [5, 5.41) is 0. The smallest absolute Gasteiger partial charge is 0.228 e. The molecule has 3 nitrogen and oxygen atoms in total. The zero-order valence-electron chi connectivity index (χ0n) is 10.5. The van der Waals surface area contributed by atoms with Gasteiger partial charge in [0.1, 0.15) is 0 Å². The van der Waals surface area contributed by atoms with Gasteiger partial charge >= 0.3 is 0 Å². The maximum absolute atomic E-state index is 12.2. The van der Waals surface area contributed by atoms with E-state index in [0.29, 0.717) is 0 Å². The van der Waals surface area contributed by atoms with Gasteiger partial charge in [-0.15, -0.1) is 0 Å². The topological polar surface area (TPSA) is 29.5 Å². The number of ether oxygens (including phenoxy) is 1. The predicted octanol–water partition coefficient (Wildman–Crippen LogP) is 2.06. The van der Waals surface area contributed by atoms with Gasteiger partial charge in [-0.25, -0.2) is 0 Å². The second-order valence-electron chi connectivity index (χ2n) is 5.20. The van der Waals surface area contributed by atoms with Crippen molar-refractivity contribution in [3.63, 3.8) is 0 Å². The molecule has 0 radical (unpaired) electrons. The lowest BCUT2D eigenvalue weighted by Crippen LogP contribution is -2.51. The molecule has 0 saturated carbocycles. The fourth-order valence-corrected chi connectivity index (χ4v) is 1.92. The van der Waals surface area contributed by atoms with Gasteiger partial charge in [0.25, 0.3) is 0 Å². The quantitative estimate of drug-likeness (QED) is 0.702. The van der Waals surface area contributed by atoms with Crippen molar-refractivity contribution >= 4 is 5.91 Å². The Kier molecular flexibility index (Phi) is 3.77. The average molecular weight is 213 g/mol. The monoisotopic (exact) mass is 213 g/mol. The van der Waals surface area contributed by atoms with Crippen LogP contribution in [0.5, 0.6) is 0 Å². The number of carbonyl (C=O) groups is 1. The van der Waals surface area contributed by atoms with E-state index in [1.54, 1.807) is 0 Å². The van der Waals surface area contributed by atoms with Crippen molar-refractivity contribution in [2.45, 2.75) is 53.2 Å². The van der Waals surface area contributed by atoms with Crippen LogP contribution in [0.15, 0.2) is 0 Å². The van der Waals surface area contributed by atoms with E-state index in [4.69, 9.17) is 4.74 Å². The highest BCUT2D eigenvalue weighted by atomic mass is 16.5. The van der Waals surface area contributed by atoms with E-state index >= 15 is 0 Å². The molecule has 0 aromatic rings. The Morgan fingerprint density at radius 2 is 1.80 bits per heavy atom. The molecule has 2 atom stereocenters. The first-order valence-corrected chi connectivity index (χ1v) is 5.81. The van der Waals surface area contributed by atoms with Gasteiger partial charge in [-0.3, -0.25) is 4.79 Å². The molecule has 0 aromatic carbocycles.